The predicted molar refractivity (Wildman–Crippen MR) is 87.6 cm³/mol. The maximum Gasteiger partial charge on any atom is 0.331 e. The van der Waals surface area contributed by atoms with Gasteiger partial charge in [-0.15, -0.1) is 0 Å². The molecule has 2 N–H and O–H groups in total. The first-order valence-electron chi connectivity index (χ1n) is 7.03. The van der Waals surface area contributed by atoms with Crippen LogP contribution in [-0.2, 0) is 9.59 Å². The van der Waals surface area contributed by atoms with Crippen molar-refractivity contribution in [2.45, 2.75) is 13.8 Å². The van der Waals surface area contributed by atoms with Crippen molar-refractivity contribution >= 4 is 17.6 Å². The average Bonchev–Trinajstić information content (AvgIpc) is 2.56. The number of aliphatic carboxylic acids is 1. The van der Waals surface area contributed by atoms with Crippen molar-refractivity contribution in [3.8, 4) is 11.5 Å². The van der Waals surface area contributed by atoms with E-state index in [4.69, 9.17) is 9.84 Å². The fraction of sp³-hybridized carbons (Fsp3) is 0.111. The monoisotopic (exact) mass is 311 g/mol. The maximum atomic E-state index is 12.2. The van der Waals surface area contributed by atoms with Gasteiger partial charge in [-0.05, 0) is 38.1 Å². The number of carboxylic acids is 1. The fourth-order valence-electron chi connectivity index (χ4n) is 1.82. The first-order valence-corrected chi connectivity index (χ1v) is 7.03. The minimum atomic E-state index is -1.12. The number of ether oxygens (including phenoxy) is 1. The molecule has 0 aromatic heterocycles. The second-order valence-corrected chi connectivity index (χ2v) is 4.92. The second kappa shape index (κ2) is 7.26. The summed E-state index contributed by atoms with van der Waals surface area (Å²) in [6.45, 7) is 2.86. The predicted octanol–water partition coefficient (Wildman–Crippen LogP) is 3.84. The van der Waals surface area contributed by atoms with Crippen molar-refractivity contribution in [1.82, 2.24) is 0 Å². The van der Waals surface area contributed by atoms with Crippen molar-refractivity contribution in [3.05, 3.63) is 65.7 Å². The van der Waals surface area contributed by atoms with Crippen LogP contribution in [0.3, 0.4) is 0 Å². The highest BCUT2D eigenvalue weighted by molar-refractivity contribution is 6.08. The van der Waals surface area contributed by atoms with E-state index < -0.39 is 11.9 Å². The van der Waals surface area contributed by atoms with Crippen LogP contribution in [0, 0.1) is 0 Å². The first kappa shape index (κ1) is 16.3. The molecule has 5 nitrogen and oxygen atoms in total. The minimum absolute atomic E-state index is 0.00367. The Labute approximate surface area is 134 Å². The fourth-order valence-corrected chi connectivity index (χ4v) is 1.82. The molecule has 0 aliphatic carbocycles. The van der Waals surface area contributed by atoms with Crippen molar-refractivity contribution in [2.24, 2.45) is 0 Å². The zero-order valence-corrected chi connectivity index (χ0v) is 12.9. The smallest absolute Gasteiger partial charge is 0.331 e. The molecule has 5 heteroatoms. The Bertz CT molecular complexity index is 751. The lowest BCUT2D eigenvalue weighted by Crippen LogP contribution is -2.16. The highest BCUT2D eigenvalue weighted by atomic mass is 16.5. The summed E-state index contributed by atoms with van der Waals surface area (Å²) in [4.78, 5) is 23.1. The summed E-state index contributed by atoms with van der Waals surface area (Å²) in [6.07, 6.45) is 0. The molecule has 2 aromatic carbocycles. The lowest BCUT2D eigenvalue weighted by atomic mass is 10.1. The van der Waals surface area contributed by atoms with Gasteiger partial charge in [-0.1, -0.05) is 30.3 Å². The summed E-state index contributed by atoms with van der Waals surface area (Å²) in [5.41, 5.74) is 0.620. The molecule has 0 fully saturated rings. The molecule has 0 aliphatic heterocycles. The summed E-state index contributed by atoms with van der Waals surface area (Å²) >= 11 is 0. The lowest BCUT2D eigenvalue weighted by molar-refractivity contribution is -0.133. The van der Waals surface area contributed by atoms with E-state index >= 15 is 0 Å². The van der Waals surface area contributed by atoms with Gasteiger partial charge in [-0.2, -0.15) is 0 Å². The second-order valence-electron chi connectivity index (χ2n) is 4.92. The Balaban J connectivity index is 2.23. The number of rotatable bonds is 5. The third-order valence-corrected chi connectivity index (χ3v) is 3.33. The molecule has 0 bridgehead atoms. The van der Waals surface area contributed by atoms with E-state index in [2.05, 4.69) is 5.32 Å². The normalized spacial score (nSPS) is 11.4. The molecule has 0 saturated carbocycles. The van der Waals surface area contributed by atoms with Crippen LogP contribution in [0.2, 0.25) is 0 Å². The molecule has 0 spiro atoms. The van der Waals surface area contributed by atoms with Crippen LogP contribution in [0.15, 0.2) is 65.7 Å². The number of hydrogen-bond acceptors (Lipinski definition) is 3. The first-order chi connectivity index (χ1) is 11.0. The minimum Gasteiger partial charge on any atom is -0.478 e. The third kappa shape index (κ3) is 4.20. The highest BCUT2D eigenvalue weighted by Gasteiger charge is 2.14. The topological polar surface area (TPSA) is 75.6 Å². The Morgan fingerprint density at radius 1 is 0.913 bits per heavy atom. The zero-order chi connectivity index (χ0) is 16.8. The number of anilines is 1. The Hall–Kier alpha value is -3.08. The van der Waals surface area contributed by atoms with Crippen LogP contribution in [0.1, 0.15) is 13.8 Å². The van der Waals surface area contributed by atoms with E-state index in [1.807, 2.05) is 18.2 Å². The van der Waals surface area contributed by atoms with Crippen LogP contribution in [0.5, 0.6) is 11.5 Å². The SMILES string of the molecule is C/C(C(=O)O)=C(\C)C(=O)Nc1ccccc1Oc1ccccc1. The van der Waals surface area contributed by atoms with Crippen LogP contribution in [0.4, 0.5) is 5.69 Å². The van der Waals surface area contributed by atoms with E-state index in [1.54, 1.807) is 36.4 Å². The molecular weight excluding hydrogens is 294 g/mol. The number of amides is 1. The van der Waals surface area contributed by atoms with Crippen molar-refractivity contribution in [3.63, 3.8) is 0 Å². The van der Waals surface area contributed by atoms with Crippen LogP contribution < -0.4 is 10.1 Å². The quantitative estimate of drug-likeness (QED) is 0.823. The largest absolute Gasteiger partial charge is 0.478 e. The molecular formula is C18H17NO4. The molecule has 1 amide bonds. The average molecular weight is 311 g/mol. The van der Waals surface area contributed by atoms with Gasteiger partial charge in [0.05, 0.1) is 5.69 Å². The van der Waals surface area contributed by atoms with E-state index in [9.17, 15) is 9.59 Å². The number of carboxylic acid groups (broad SMARTS) is 1. The summed E-state index contributed by atoms with van der Waals surface area (Å²) < 4.78 is 5.75. The van der Waals surface area contributed by atoms with Crippen LogP contribution in [-0.4, -0.2) is 17.0 Å². The number of nitrogens with one attached hydrogen (secondary N) is 1. The summed E-state index contributed by atoms with van der Waals surface area (Å²) in [5.74, 6) is -0.475. The van der Waals surface area contributed by atoms with Gasteiger partial charge in [0.25, 0.3) is 5.91 Å². The molecule has 2 aromatic rings. The van der Waals surface area contributed by atoms with Gasteiger partial charge in [-0.25, -0.2) is 4.79 Å². The standard InChI is InChI=1S/C18H17NO4/c1-12(13(2)18(21)22)17(20)19-15-10-6-7-11-16(15)23-14-8-4-3-5-9-14/h3-11H,1-2H3,(H,19,20)(H,21,22)/b13-12-. The van der Waals surface area contributed by atoms with E-state index in [1.165, 1.54) is 13.8 Å². The van der Waals surface area contributed by atoms with Gasteiger partial charge in [-0.3, -0.25) is 4.79 Å². The lowest BCUT2D eigenvalue weighted by Gasteiger charge is -2.12. The number of carbonyl (C=O) groups is 2. The maximum absolute atomic E-state index is 12.2. The molecule has 0 aliphatic rings. The van der Waals surface area contributed by atoms with Gasteiger partial charge >= 0.3 is 5.97 Å². The summed E-state index contributed by atoms with van der Waals surface area (Å²) in [7, 11) is 0. The molecule has 0 saturated heterocycles. The molecule has 23 heavy (non-hydrogen) atoms. The van der Waals surface area contributed by atoms with Gasteiger partial charge in [0.15, 0.2) is 5.75 Å². The summed E-state index contributed by atoms with van der Waals surface area (Å²) in [5, 5.41) is 11.6. The number of hydrogen-bond donors (Lipinski definition) is 2. The Kier molecular flexibility index (Phi) is 5.15. The van der Waals surface area contributed by atoms with Crippen molar-refractivity contribution in [1.29, 1.82) is 0 Å². The van der Waals surface area contributed by atoms with Gasteiger partial charge < -0.3 is 15.2 Å². The molecule has 0 unspecified atom stereocenters. The third-order valence-electron chi connectivity index (χ3n) is 3.33. The molecule has 0 atom stereocenters. The number of carbonyl (C=O) groups excluding carboxylic acids is 1. The van der Waals surface area contributed by atoms with Crippen molar-refractivity contribution in [2.75, 3.05) is 5.32 Å². The van der Waals surface area contributed by atoms with E-state index in [0.29, 0.717) is 17.2 Å². The number of para-hydroxylation sites is 3. The van der Waals surface area contributed by atoms with E-state index in [-0.39, 0.29) is 11.1 Å². The van der Waals surface area contributed by atoms with Crippen LogP contribution in [0.25, 0.3) is 0 Å². The molecule has 2 rings (SSSR count). The number of benzene rings is 2. The van der Waals surface area contributed by atoms with Crippen LogP contribution >= 0.6 is 0 Å². The Morgan fingerprint density at radius 2 is 1.52 bits per heavy atom. The zero-order valence-electron chi connectivity index (χ0n) is 12.9. The van der Waals surface area contributed by atoms with Gasteiger partial charge in [0.2, 0.25) is 0 Å². The Morgan fingerprint density at radius 3 is 2.17 bits per heavy atom. The van der Waals surface area contributed by atoms with Gasteiger partial charge in [0.1, 0.15) is 5.75 Å². The molecule has 0 heterocycles. The summed E-state index contributed by atoms with van der Waals surface area (Å²) in [6, 6.07) is 16.2. The molecule has 0 radical (unpaired) electrons. The molecule has 118 valence electrons. The van der Waals surface area contributed by atoms with Gasteiger partial charge in [0, 0.05) is 11.1 Å². The van der Waals surface area contributed by atoms with E-state index in [0.717, 1.165) is 0 Å². The van der Waals surface area contributed by atoms with Crippen molar-refractivity contribution < 1.29 is 19.4 Å². The highest BCUT2D eigenvalue weighted by Crippen LogP contribution is 2.29.